The Bertz CT molecular complexity index is 984. The molecule has 2 aliphatic heterocycles. The Morgan fingerprint density at radius 2 is 1.65 bits per heavy atom. The van der Waals surface area contributed by atoms with Crippen molar-refractivity contribution in [3.8, 4) is 11.5 Å². The van der Waals surface area contributed by atoms with Crippen LogP contribution >= 0.6 is 0 Å². The monoisotopic (exact) mass is 428 g/mol. The summed E-state index contributed by atoms with van der Waals surface area (Å²) >= 11 is 0. The molecule has 2 heterocycles. The summed E-state index contributed by atoms with van der Waals surface area (Å²) in [5.74, 6) is -0.745. The van der Waals surface area contributed by atoms with Crippen molar-refractivity contribution < 1.29 is 33.3 Å². The zero-order valence-corrected chi connectivity index (χ0v) is 18.7. The smallest absolute Gasteiger partial charge is 0.334 e. The van der Waals surface area contributed by atoms with E-state index in [9.17, 15) is 14.4 Å². The molecule has 0 amide bonds. The number of aryl methyl sites for hydroxylation is 1. The van der Waals surface area contributed by atoms with Crippen LogP contribution in [0.4, 0.5) is 0 Å². The zero-order valence-electron chi connectivity index (χ0n) is 18.7. The van der Waals surface area contributed by atoms with Gasteiger partial charge in [0.05, 0.1) is 12.0 Å². The van der Waals surface area contributed by atoms with Gasteiger partial charge in [-0.25, -0.2) is 9.59 Å². The molecule has 1 aromatic carbocycles. The highest BCUT2D eigenvalue weighted by Crippen LogP contribution is 2.50. The van der Waals surface area contributed by atoms with Crippen LogP contribution in [0.5, 0.6) is 11.5 Å². The van der Waals surface area contributed by atoms with E-state index in [1.807, 2.05) is 6.07 Å². The largest absolute Gasteiger partial charge is 0.483 e. The summed E-state index contributed by atoms with van der Waals surface area (Å²) in [5, 5.41) is 0. The standard InChI is InChI=1S/C24H28O7/c1-7-13(3)22(26)29-20-18-16(11-9-15-10-12-17(25)28-19(15)18)31-24(5,6)21(20)30-23(27)14(4)8-2/h7-9,11,20-21H,10,12H2,1-6H3/b13-7-,14-8-/t20-,21-/m1/s1. The van der Waals surface area contributed by atoms with Gasteiger partial charge in [0.25, 0.3) is 0 Å². The minimum atomic E-state index is -1.02. The lowest BCUT2D eigenvalue weighted by atomic mass is 9.85. The first kappa shape index (κ1) is 22.6. The number of rotatable bonds is 4. The van der Waals surface area contributed by atoms with E-state index in [0.717, 1.165) is 5.56 Å². The predicted octanol–water partition coefficient (Wildman–Crippen LogP) is 4.14. The van der Waals surface area contributed by atoms with E-state index in [-0.39, 0.29) is 12.4 Å². The van der Waals surface area contributed by atoms with Gasteiger partial charge in [0, 0.05) is 11.1 Å². The van der Waals surface area contributed by atoms with Crippen molar-refractivity contribution in [1.29, 1.82) is 0 Å². The molecule has 2 atom stereocenters. The first-order valence-electron chi connectivity index (χ1n) is 10.3. The van der Waals surface area contributed by atoms with Crippen LogP contribution in [0.3, 0.4) is 0 Å². The van der Waals surface area contributed by atoms with Crippen molar-refractivity contribution in [3.05, 3.63) is 46.6 Å². The molecule has 7 heteroatoms. The molecular weight excluding hydrogens is 400 g/mol. The maximum absolute atomic E-state index is 12.7. The SMILES string of the molecule is C/C=C(/C)C(=O)O[C@@H]1c2c(ccc3c2OC(=O)CC3)OC(C)(C)[C@@H]1OC(=O)/C(C)=C\C. The number of fused-ring (bicyclic) bond motifs is 3. The van der Waals surface area contributed by atoms with Crippen LogP contribution in [0.2, 0.25) is 0 Å². The summed E-state index contributed by atoms with van der Waals surface area (Å²) in [4.78, 5) is 37.4. The number of carbonyl (C=O) groups excluding carboxylic acids is 3. The van der Waals surface area contributed by atoms with Gasteiger partial charge in [-0.1, -0.05) is 18.2 Å². The molecule has 0 unspecified atom stereocenters. The maximum Gasteiger partial charge on any atom is 0.334 e. The van der Waals surface area contributed by atoms with Gasteiger partial charge >= 0.3 is 17.9 Å². The molecule has 0 saturated carbocycles. The van der Waals surface area contributed by atoms with E-state index in [4.69, 9.17) is 18.9 Å². The van der Waals surface area contributed by atoms with Crippen LogP contribution in [-0.2, 0) is 30.3 Å². The summed E-state index contributed by atoms with van der Waals surface area (Å²) in [6, 6.07) is 3.61. The minimum absolute atomic E-state index is 0.263. The predicted molar refractivity (Wildman–Crippen MR) is 113 cm³/mol. The van der Waals surface area contributed by atoms with E-state index in [0.29, 0.717) is 34.6 Å². The fraction of sp³-hybridized carbons (Fsp3) is 0.458. The van der Waals surface area contributed by atoms with Crippen LogP contribution in [0.25, 0.3) is 0 Å². The Morgan fingerprint density at radius 3 is 2.26 bits per heavy atom. The molecule has 0 spiro atoms. The van der Waals surface area contributed by atoms with E-state index < -0.39 is 29.7 Å². The van der Waals surface area contributed by atoms with Gasteiger partial charge in [0.1, 0.15) is 17.1 Å². The van der Waals surface area contributed by atoms with E-state index in [2.05, 4.69) is 0 Å². The molecule has 0 radical (unpaired) electrons. The van der Waals surface area contributed by atoms with Crippen molar-refractivity contribution in [2.45, 2.75) is 72.2 Å². The lowest BCUT2D eigenvalue weighted by Crippen LogP contribution is -2.52. The summed E-state index contributed by atoms with van der Waals surface area (Å²) in [7, 11) is 0. The van der Waals surface area contributed by atoms with Gasteiger partial charge in [-0.2, -0.15) is 0 Å². The number of hydrogen-bond acceptors (Lipinski definition) is 7. The van der Waals surface area contributed by atoms with Gasteiger partial charge < -0.3 is 18.9 Å². The van der Waals surface area contributed by atoms with Crippen molar-refractivity contribution in [2.24, 2.45) is 0 Å². The minimum Gasteiger partial charge on any atom is -0.483 e. The molecule has 1 aromatic rings. The fourth-order valence-electron chi connectivity index (χ4n) is 3.54. The highest BCUT2D eigenvalue weighted by molar-refractivity contribution is 5.89. The van der Waals surface area contributed by atoms with Crippen molar-refractivity contribution >= 4 is 17.9 Å². The van der Waals surface area contributed by atoms with E-state index in [1.54, 1.807) is 59.8 Å². The molecule has 2 aliphatic rings. The third-order valence-corrected chi connectivity index (χ3v) is 5.65. The summed E-state index contributed by atoms with van der Waals surface area (Å²) in [5.41, 5.74) is 1.01. The first-order valence-corrected chi connectivity index (χ1v) is 10.3. The van der Waals surface area contributed by atoms with Gasteiger partial charge in [-0.05, 0) is 59.6 Å². The number of carbonyl (C=O) groups is 3. The third kappa shape index (κ3) is 4.36. The molecule has 7 nitrogen and oxygen atoms in total. The number of esters is 3. The lowest BCUT2D eigenvalue weighted by Gasteiger charge is -2.44. The molecule has 0 aliphatic carbocycles. The quantitative estimate of drug-likeness (QED) is 0.405. The Morgan fingerprint density at radius 1 is 1.03 bits per heavy atom. The normalized spacial score (nSPS) is 22.5. The second-order valence-corrected chi connectivity index (χ2v) is 8.24. The van der Waals surface area contributed by atoms with Gasteiger partial charge in [-0.3, -0.25) is 4.79 Å². The van der Waals surface area contributed by atoms with Crippen LogP contribution in [-0.4, -0.2) is 29.6 Å². The molecule has 0 N–H and O–H groups in total. The van der Waals surface area contributed by atoms with Gasteiger partial charge in [0.2, 0.25) is 0 Å². The molecule has 0 saturated heterocycles. The molecule has 0 fully saturated rings. The second kappa shape index (κ2) is 8.57. The van der Waals surface area contributed by atoms with E-state index >= 15 is 0 Å². The average molecular weight is 428 g/mol. The van der Waals surface area contributed by atoms with Gasteiger partial charge in [0.15, 0.2) is 12.2 Å². The van der Waals surface area contributed by atoms with Crippen molar-refractivity contribution in [3.63, 3.8) is 0 Å². The summed E-state index contributed by atoms with van der Waals surface area (Å²) in [6.07, 6.45) is 2.06. The second-order valence-electron chi connectivity index (χ2n) is 8.24. The third-order valence-electron chi connectivity index (χ3n) is 5.65. The number of benzene rings is 1. The lowest BCUT2D eigenvalue weighted by molar-refractivity contribution is -0.186. The average Bonchev–Trinajstić information content (AvgIpc) is 2.73. The highest BCUT2D eigenvalue weighted by Gasteiger charge is 2.51. The maximum atomic E-state index is 12.7. The number of allylic oxidation sites excluding steroid dienone is 2. The Labute approximate surface area is 182 Å². The summed E-state index contributed by atoms with van der Waals surface area (Å²) < 4.78 is 23.3. The molecule has 166 valence electrons. The first-order chi connectivity index (χ1) is 14.6. The molecule has 31 heavy (non-hydrogen) atoms. The Balaban J connectivity index is 2.16. The van der Waals surface area contributed by atoms with Crippen molar-refractivity contribution in [2.75, 3.05) is 0 Å². The molecule has 0 aromatic heterocycles. The zero-order chi connectivity index (χ0) is 22.9. The molecule has 3 rings (SSSR count). The van der Waals surface area contributed by atoms with Crippen molar-refractivity contribution in [1.82, 2.24) is 0 Å². The van der Waals surface area contributed by atoms with E-state index in [1.165, 1.54) is 0 Å². The van der Waals surface area contributed by atoms with Crippen LogP contribution in [0, 0.1) is 0 Å². The fourth-order valence-corrected chi connectivity index (χ4v) is 3.54. The Hall–Kier alpha value is -3.09. The highest BCUT2D eigenvalue weighted by atomic mass is 16.6. The Kier molecular flexibility index (Phi) is 6.25. The van der Waals surface area contributed by atoms with Crippen LogP contribution in [0.15, 0.2) is 35.4 Å². The van der Waals surface area contributed by atoms with Crippen LogP contribution in [0.1, 0.15) is 65.2 Å². The summed E-state index contributed by atoms with van der Waals surface area (Å²) in [6.45, 7) is 10.3. The van der Waals surface area contributed by atoms with Gasteiger partial charge in [-0.15, -0.1) is 0 Å². The topological polar surface area (TPSA) is 88.1 Å². The van der Waals surface area contributed by atoms with Crippen LogP contribution < -0.4 is 9.47 Å². The number of hydrogen-bond donors (Lipinski definition) is 0. The molecular formula is C24H28O7. The number of ether oxygens (including phenoxy) is 4. The molecule has 0 bridgehead atoms.